The van der Waals surface area contributed by atoms with E-state index in [9.17, 15) is 9.59 Å². The van der Waals surface area contributed by atoms with Crippen molar-refractivity contribution in [1.82, 2.24) is 14.9 Å². The van der Waals surface area contributed by atoms with Crippen LogP contribution < -0.4 is 5.56 Å². The lowest BCUT2D eigenvalue weighted by Crippen LogP contribution is -2.41. The van der Waals surface area contributed by atoms with Gasteiger partial charge in [0.05, 0.1) is 16.4 Å². The summed E-state index contributed by atoms with van der Waals surface area (Å²) in [5.41, 5.74) is 0.933. The summed E-state index contributed by atoms with van der Waals surface area (Å²) >= 11 is 3.10. The largest absolute Gasteiger partial charge is 0.342 e. The molecule has 1 amide bonds. The van der Waals surface area contributed by atoms with Crippen LogP contribution in [-0.2, 0) is 10.5 Å². The van der Waals surface area contributed by atoms with E-state index in [0.29, 0.717) is 22.9 Å². The fraction of sp³-hybridized carbons (Fsp3) is 0.611. The van der Waals surface area contributed by atoms with Crippen LogP contribution in [0.3, 0.4) is 0 Å². The first kappa shape index (κ1) is 18.5. The maximum atomic E-state index is 12.6. The van der Waals surface area contributed by atoms with E-state index >= 15 is 0 Å². The van der Waals surface area contributed by atoms with Crippen molar-refractivity contribution in [3.8, 4) is 0 Å². The molecule has 136 valence electrons. The van der Waals surface area contributed by atoms with Crippen LogP contribution in [0.4, 0.5) is 0 Å². The van der Waals surface area contributed by atoms with Crippen LogP contribution in [0.15, 0.2) is 4.79 Å². The third-order valence-corrected chi connectivity index (χ3v) is 7.24. The molecule has 0 radical (unpaired) electrons. The molecule has 1 atom stereocenters. The summed E-state index contributed by atoms with van der Waals surface area (Å²) in [5, 5.41) is 0.573. The summed E-state index contributed by atoms with van der Waals surface area (Å²) in [6.07, 6.45) is 2.18. The van der Waals surface area contributed by atoms with Crippen molar-refractivity contribution in [1.29, 1.82) is 0 Å². The maximum Gasteiger partial charge on any atom is 0.259 e. The van der Waals surface area contributed by atoms with Crippen molar-refractivity contribution >= 4 is 39.2 Å². The average Bonchev–Trinajstić information content (AvgIpc) is 2.87. The molecule has 1 N–H and O–H groups in total. The Morgan fingerprint density at radius 3 is 2.76 bits per heavy atom. The van der Waals surface area contributed by atoms with Crippen LogP contribution in [0.5, 0.6) is 0 Å². The standard InChI is InChI=1S/C18H25N3O2S2/c1-10-5-7-21(8-6-10)18(23)13(4)24-9-14-19-16(22)15-11(2)12(3)25-17(15)20-14/h10,13H,5-9H2,1-4H3,(H,19,20,22). The lowest BCUT2D eigenvalue weighted by atomic mass is 9.99. The molecular formula is C18H25N3O2S2. The predicted octanol–water partition coefficient (Wildman–Crippen LogP) is 3.48. The number of hydrogen-bond acceptors (Lipinski definition) is 5. The topological polar surface area (TPSA) is 66.1 Å². The Hall–Kier alpha value is -1.34. The molecule has 0 bridgehead atoms. The Balaban J connectivity index is 1.66. The molecule has 3 rings (SSSR count). The highest BCUT2D eigenvalue weighted by Crippen LogP contribution is 2.27. The summed E-state index contributed by atoms with van der Waals surface area (Å²) in [4.78, 5) is 36.2. The number of rotatable bonds is 4. The van der Waals surface area contributed by atoms with Crippen LogP contribution in [0.1, 0.15) is 43.0 Å². The van der Waals surface area contributed by atoms with Crippen molar-refractivity contribution in [3.05, 3.63) is 26.6 Å². The first-order valence-corrected chi connectivity index (χ1v) is 10.6. The fourth-order valence-electron chi connectivity index (χ4n) is 3.13. The second-order valence-corrected chi connectivity index (χ2v) is 9.47. The number of thiophene rings is 1. The number of aromatic amines is 1. The van der Waals surface area contributed by atoms with Crippen molar-refractivity contribution in [2.24, 2.45) is 5.92 Å². The summed E-state index contributed by atoms with van der Waals surface area (Å²) in [5.74, 6) is 2.10. The van der Waals surface area contributed by atoms with Gasteiger partial charge >= 0.3 is 0 Å². The van der Waals surface area contributed by atoms with E-state index in [1.165, 1.54) is 0 Å². The molecule has 2 aromatic heterocycles. The van der Waals surface area contributed by atoms with Crippen LogP contribution in [-0.4, -0.2) is 39.1 Å². The maximum absolute atomic E-state index is 12.6. The molecule has 1 aliphatic heterocycles. The third-order valence-electron chi connectivity index (χ3n) is 5.00. The summed E-state index contributed by atoms with van der Waals surface area (Å²) in [7, 11) is 0. The average molecular weight is 380 g/mol. The minimum atomic E-state index is -0.124. The Morgan fingerprint density at radius 2 is 2.08 bits per heavy atom. The van der Waals surface area contributed by atoms with E-state index in [1.807, 2.05) is 25.7 Å². The van der Waals surface area contributed by atoms with E-state index in [2.05, 4.69) is 16.9 Å². The van der Waals surface area contributed by atoms with E-state index in [1.54, 1.807) is 23.1 Å². The second kappa shape index (κ2) is 7.50. The molecule has 7 heteroatoms. The quantitative estimate of drug-likeness (QED) is 0.883. The number of carbonyl (C=O) groups excluding carboxylic acids is 1. The van der Waals surface area contributed by atoms with Crippen LogP contribution in [0.2, 0.25) is 0 Å². The minimum Gasteiger partial charge on any atom is -0.342 e. The third kappa shape index (κ3) is 3.92. The molecule has 25 heavy (non-hydrogen) atoms. The van der Waals surface area contributed by atoms with Crippen LogP contribution in [0, 0.1) is 19.8 Å². The van der Waals surface area contributed by atoms with Crippen molar-refractivity contribution < 1.29 is 4.79 Å². The Labute approximate surface area is 156 Å². The van der Waals surface area contributed by atoms with E-state index < -0.39 is 0 Å². The highest BCUT2D eigenvalue weighted by atomic mass is 32.2. The minimum absolute atomic E-state index is 0.0774. The van der Waals surface area contributed by atoms with Gasteiger partial charge in [0.1, 0.15) is 10.7 Å². The summed E-state index contributed by atoms with van der Waals surface area (Å²) in [6.45, 7) is 9.88. The van der Waals surface area contributed by atoms with Gasteiger partial charge in [0.25, 0.3) is 5.56 Å². The van der Waals surface area contributed by atoms with Crippen molar-refractivity contribution in [3.63, 3.8) is 0 Å². The normalized spacial score (nSPS) is 17.2. The van der Waals surface area contributed by atoms with Gasteiger partial charge in [-0.05, 0) is 45.1 Å². The molecule has 1 unspecified atom stereocenters. The number of aryl methyl sites for hydroxylation is 2. The number of hydrogen-bond donors (Lipinski definition) is 1. The number of fused-ring (bicyclic) bond motifs is 1. The number of thioether (sulfide) groups is 1. The molecule has 1 aliphatic rings. The van der Waals surface area contributed by atoms with Gasteiger partial charge in [-0.3, -0.25) is 9.59 Å². The van der Waals surface area contributed by atoms with Gasteiger partial charge in [-0.2, -0.15) is 0 Å². The zero-order valence-corrected chi connectivity index (χ0v) is 16.9. The lowest BCUT2D eigenvalue weighted by Gasteiger charge is -2.32. The Morgan fingerprint density at radius 1 is 1.40 bits per heavy atom. The van der Waals surface area contributed by atoms with E-state index in [4.69, 9.17) is 0 Å². The SMILES string of the molecule is Cc1sc2nc(CSC(C)C(=O)N3CCC(C)CC3)[nH]c(=O)c2c1C. The molecule has 0 spiro atoms. The smallest absolute Gasteiger partial charge is 0.259 e. The molecule has 3 heterocycles. The zero-order valence-electron chi connectivity index (χ0n) is 15.2. The zero-order chi connectivity index (χ0) is 18.1. The lowest BCUT2D eigenvalue weighted by molar-refractivity contribution is -0.131. The first-order chi connectivity index (χ1) is 11.9. The van der Waals surface area contributed by atoms with Gasteiger partial charge < -0.3 is 9.88 Å². The number of nitrogens with one attached hydrogen (secondary N) is 1. The van der Waals surface area contributed by atoms with Gasteiger partial charge in [-0.1, -0.05) is 6.92 Å². The Bertz CT molecular complexity index is 835. The van der Waals surface area contributed by atoms with Crippen molar-refractivity contribution in [2.75, 3.05) is 13.1 Å². The first-order valence-electron chi connectivity index (χ1n) is 8.76. The number of nitrogens with zero attached hydrogens (tertiary/aromatic N) is 2. The number of H-pyrrole nitrogens is 1. The highest BCUT2D eigenvalue weighted by molar-refractivity contribution is 7.99. The number of aromatic nitrogens is 2. The van der Waals surface area contributed by atoms with E-state index in [0.717, 1.165) is 41.2 Å². The molecular weight excluding hydrogens is 354 g/mol. The van der Waals surface area contributed by atoms with Gasteiger partial charge in [-0.25, -0.2) is 4.98 Å². The van der Waals surface area contributed by atoms with Gasteiger partial charge in [-0.15, -0.1) is 23.1 Å². The molecule has 2 aromatic rings. The molecule has 1 saturated heterocycles. The molecule has 0 aliphatic carbocycles. The number of likely N-dealkylation sites (tertiary alicyclic amines) is 1. The second-order valence-electron chi connectivity index (χ2n) is 6.94. The van der Waals surface area contributed by atoms with Gasteiger partial charge in [0, 0.05) is 18.0 Å². The number of carbonyl (C=O) groups is 1. The van der Waals surface area contributed by atoms with Crippen LogP contribution in [0.25, 0.3) is 10.2 Å². The monoisotopic (exact) mass is 379 g/mol. The highest BCUT2D eigenvalue weighted by Gasteiger charge is 2.25. The van der Waals surface area contributed by atoms with Crippen LogP contribution >= 0.6 is 23.1 Å². The fourth-order valence-corrected chi connectivity index (χ4v) is 5.01. The van der Waals surface area contributed by atoms with Gasteiger partial charge in [0.2, 0.25) is 5.91 Å². The molecule has 0 saturated carbocycles. The Kier molecular flexibility index (Phi) is 5.53. The van der Waals surface area contributed by atoms with E-state index in [-0.39, 0.29) is 16.7 Å². The number of amides is 1. The van der Waals surface area contributed by atoms with Gasteiger partial charge in [0.15, 0.2) is 0 Å². The summed E-state index contributed by atoms with van der Waals surface area (Å²) < 4.78 is 0. The molecule has 1 fully saturated rings. The predicted molar refractivity (Wildman–Crippen MR) is 105 cm³/mol. The number of piperidine rings is 1. The molecule has 0 aromatic carbocycles. The summed E-state index contributed by atoms with van der Waals surface area (Å²) in [6, 6.07) is 0. The molecule has 5 nitrogen and oxygen atoms in total. The van der Waals surface area contributed by atoms with Crippen molar-refractivity contribution in [2.45, 2.75) is 51.5 Å².